The van der Waals surface area contributed by atoms with E-state index in [0.29, 0.717) is 11.1 Å². The van der Waals surface area contributed by atoms with Crippen molar-refractivity contribution >= 4 is 22.4 Å². The van der Waals surface area contributed by atoms with Gasteiger partial charge < -0.3 is 5.11 Å². The maximum absolute atomic E-state index is 12.3. The van der Waals surface area contributed by atoms with Crippen LogP contribution in [0, 0.1) is 16.7 Å². The number of aliphatic hydroxyl groups is 1. The molecule has 1 aromatic carbocycles. The second-order valence-corrected chi connectivity index (χ2v) is 5.80. The van der Waals surface area contributed by atoms with Crippen molar-refractivity contribution < 1.29 is 9.90 Å². The van der Waals surface area contributed by atoms with Crippen LogP contribution < -0.4 is 0 Å². The van der Waals surface area contributed by atoms with Crippen molar-refractivity contribution in [3.8, 4) is 6.07 Å². The molecule has 4 heteroatoms. The predicted octanol–water partition coefficient (Wildman–Crippen LogP) is 3.64. The molecule has 0 amide bonds. The molecule has 1 heterocycles. The minimum atomic E-state index is -0.739. The zero-order valence-corrected chi connectivity index (χ0v) is 12.2. The van der Waals surface area contributed by atoms with E-state index < -0.39 is 11.2 Å². The Balaban J connectivity index is 2.70. The van der Waals surface area contributed by atoms with Gasteiger partial charge in [-0.1, -0.05) is 39.0 Å². The summed E-state index contributed by atoms with van der Waals surface area (Å²) < 4.78 is 0. The topological polar surface area (TPSA) is 74.0 Å². The van der Waals surface area contributed by atoms with Gasteiger partial charge in [0.25, 0.3) is 0 Å². The summed E-state index contributed by atoms with van der Waals surface area (Å²) in [6.07, 6.45) is 1.61. The summed E-state index contributed by atoms with van der Waals surface area (Å²) in [7, 11) is 0. The van der Waals surface area contributed by atoms with E-state index in [1.54, 1.807) is 45.2 Å². The number of aliphatic hydroxyl groups excluding tert-OH is 1. The quantitative estimate of drug-likeness (QED) is 0.517. The number of hydrogen-bond acceptors (Lipinski definition) is 4. The fourth-order valence-electron chi connectivity index (χ4n) is 2.02. The van der Waals surface area contributed by atoms with Gasteiger partial charge in [-0.3, -0.25) is 9.78 Å². The standard InChI is InChI=1S/C17H16N2O2/c1-17(2,3)16(21)13(10-18)15(20)12-8-4-6-11-7-5-9-19-14(11)12/h4-9,20H,1-3H3/b15-13-. The normalized spacial score (nSPS) is 12.7. The van der Waals surface area contributed by atoms with Crippen LogP contribution in [-0.4, -0.2) is 15.9 Å². The van der Waals surface area contributed by atoms with E-state index in [1.165, 1.54) is 0 Å². The number of fused-ring (bicyclic) bond motifs is 1. The van der Waals surface area contributed by atoms with Gasteiger partial charge in [0.1, 0.15) is 17.4 Å². The Morgan fingerprint density at radius 3 is 2.52 bits per heavy atom. The van der Waals surface area contributed by atoms with Crippen LogP contribution in [0.3, 0.4) is 0 Å². The minimum Gasteiger partial charge on any atom is -0.506 e. The van der Waals surface area contributed by atoms with Crippen LogP contribution in [0.25, 0.3) is 16.7 Å². The molecule has 0 bridgehead atoms. The summed E-state index contributed by atoms with van der Waals surface area (Å²) in [4.78, 5) is 16.5. The fraction of sp³-hybridized carbons (Fsp3) is 0.235. The Kier molecular flexibility index (Phi) is 3.77. The number of Topliss-reactive ketones (excluding diaryl/α,β-unsaturated/α-hetero) is 1. The van der Waals surface area contributed by atoms with Gasteiger partial charge in [-0.25, -0.2) is 0 Å². The predicted molar refractivity (Wildman–Crippen MR) is 81.4 cm³/mol. The van der Waals surface area contributed by atoms with Crippen LogP contribution in [0.15, 0.2) is 42.1 Å². The lowest BCUT2D eigenvalue weighted by Gasteiger charge is -2.16. The van der Waals surface area contributed by atoms with Gasteiger partial charge in [0.2, 0.25) is 0 Å². The number of nitriles is 1. The third-order valence-electron chi connectivity index (χ3n) is 3.14. The van der Waals surface area contributed by atoms with Crippen LogP contribution in [0.2, 0.25) is 0 Å². The van der Waals surface area contributed by atoms with E-state index in [-0.39, 0.29) is 11.3 Å². The van der Waals surface area contributed by atoms with Crippen LogP contribution >= 0.6 is 0 Å². The Morgan fingerprint density at radius 2 is 1.90 bits per heavy atom. The van der Waals surface area contributed by atoms with E-state index in [9.17, 15) is 15.2 Å². The van der Waals surface area contributed by atoms with Crippen molar-refractivity contribution in [2.24, 2.45) is 5.41 Å². The molecule has 0 atom stereocenters. The average molecular weight is 280 g/mol. The highest BCUT2D eigenvalue weighted by Crippen LogP contribution is 2.28. The highest BCUT2D eigenvalue weighted by molar-refractivity contribution is 6.09. The molecule has 0 spiro atoms. The highest BCUT2D eigenvalue weighted by atomic mass is 16.3. The average Bonchev–Trinajstić information content (AvgIpc) is 2.46. The van der Waals surface area contributed by atoms with Gasteiger partial charge in [0.15, 0.2) is 5.78 Å². The summed E-state index contributed by atoms with van der Waals surface area (Å²) >= 11 is 0. The number of para-hydroxylation sites is 1. The Labute approximate surface area is 123 Å². The number of rotatable bonds is 2. The van der Waals surface area contributed by atoms with Gasteiger partial charge in [-0.05, 0) is 12.1 Å². The molecular weight excluding hydrogens is 264 g/mol. The largest absolute Gasteiger partial charge is 0.506 e. The molecule has 0 radical (unpaired) electrons. The molecule has 0 fully saturated rings. The molecule has 2 rings (SSSR count). The molecule has 0 saturated carbocycles. The summed E-state index contributed by atoms with van der Waals surface area (Å²) in [5.41, 5.74) is -0.0216. The molecule has 1 N–H and O–H groups in total. The summed E-state index contributed by atoms with van der Waals surface area (Å²) in [5, 5.41) is 20.5. The lowest BCUT2D eigenvalue weighted by molar-refractivity contribution is -0.122. The summed E-state index contributed by atoms with van der Waals surface area (Å²) in [6, 6.07) is 10.7. The van der Waals surface area contributed by atoms with E-state index in [0.717, 1.165) is 5.39 Å². The number of hydrogen-bond donors (Lipinski definition) is 1. The Morgan fingerprint density at radius 1 is 1.24 bits per heavy atom. The van der Waals surface area contributed by atoms with E-state index >= 15 is 0 Å². The monoisotopic (exact) mass is 280 g/mol. The second kappa shape index (κ2) is 5.37. The lowest BCUT2D eigenvalue weighted by Crippen LogP contribution is -2.22. The number of pyridine rings is 1. The molecule has 0 unspecified atom stereocenters. The molecule has 21 heavy (non-hydrogen) atoms. The molecule has 0 aliphatic carbocycles. The molecule has 0 saturated heterocycles. The minimum absolute atomic E-state index is 0.236. The molecule has 0 aliphatic rings. The number of ketones is 1. The summed E-state index contributed by atoms with van der Waals surface area (Å²) in [6.45, 7) is 5.13. The van der Waals surface area contributed by atoms with Crippen molar-refractivity contribution in [2.45, 2.75) is 20.8 Å². The summed E-state index contributed by atoms with van der Waals surface area (Å²) in [5.74, 6) is -0.711. The smallest absolute Gasteiger partial charge is 0.182 e. The molecule has 1 aromatic heterocycles. The zero-order valence-electron chi connectivity index (χ0n) is 12.2. The molecular formula is C17H16N2O2. The first kappa shape index (κ1) is 14.7. The fourth-order valence-corrected chi connectivity index (χ4v) is 2.02. The SMILES string of the molecule is CC(C)(C)C(=O)/C(C#N)=C(\O)c1cccc2cccnc12. The maximum Gasteiger partial charge on any atom is 0.182 e. The lowest BCUT2D eigenvalue weighted by atomic mass is 9.85. The van der Waals surface area contributed by atoms with E-state index in [2.05, 4.69) is 4.98 Å². The second-order valence-electron chi connectivity index (χ2n) is 5.80. The number of benzene rings is 1. The van der Waals surface area contributed by atoms with Crippen LogP contribution in [0.1, 0.15) is 26.3 Å². The van der Waals surface area contributed by atoms with Crippen molar-refractivity contribution in [3.63, 3.8) is 0 Å². The Hall–Kier alpha value is -2.67. The third kappa shape index (κ3) is 2.77. The van der Waals surface area contributed by atoms with Crippen LogP contribution in [0.5, 0.6) is 0 Å². The van der Waals surface area contributed by atoms with Gasteiger partial charge in [-0.2, -0.15) is 5.26 Å². The van der Waals surface area contributed by atoms with Crippen molar-refractivity contribution in [3.05, 3.63) is 47.7 Å². The number of allylic oxidation sites excluding steroid dienone is 1. The molecule has 2 aromatic rings. The number of carbonyl (C=O) groups is 1. The Bertz CT molecular complexity index is 772. The van der Waals surface area contributed by atoms with E-state index in [1.807, 2.05) is 18.2 Å². The van der Waals surface area contributed by atoms with Crippen molar-refractivity contribution in [2.75, 3.05) is 0 Å². The van der Waals surface area contributed by atoms with Crippen molar-refractivity contribution in [1.82, 2.24) is 4.98 Å². The van der Waals surface area contributed by atoms with Crippen molar-refractivity contribution in [1.29, 1.82) is 5.26 Å². The number of nitrogens with zero attached hydrogens (tertiary/aromatic N) is 2. The van der Waals surface area contributed by atoms with Crippen LogP contribution in [0.4, 0.5) is 0 Å². The molecule has 4 nitrogen and oxygen atoms in total. The van der Waals surface area contributed by atoms with Gasteiger partial charge in [-0.15, -0.1) is 0 Å². The zero-order chi connectivity index (χ0) is 15.6. The third-order valence-corrected chi connectivity index (χ3v) is 3.14. The first-order valence-electron chi connectivity index (χ1n) is 6.58. The molecule has 106 valence electrons. The van der Waals surface area contributed by atoms with Gasteiger partial charge in [0, 0.05) is 22.6 Å². The van der Waals surface area contributed by atoms with Gasteiger partial charge in [0.05, 0.1) is 5.52 Å². The highest BCUT2D eigenvalue weighted by Gasteiger charge is 2.28. The van der Waals surface area contributed by atoms with Crippen LogP contribution in [-0.2, 0) is 4.79 Å². The molecule has 0 aliphatic heterocycles. The number of aromatic nitrogens is 1. The maximum atomic E-state index is 12.3. The van der Waals surface area contributed by atoms with E-state index in [4.69, 9.17) is 0 Å². The first-order chi connectivity index (χ1) is 9.86. The first-order valence-corrected chi connectivity index (χ1v) is 6.58. The van der Waals surface area contributed by atoms with Gasteiger partial charge >= 0.3 is 0 Å². The number of carbonyl (C=O) groups excluding carboxylic acids is 1.